The van der Waals surface area contributed by atoms with Crippen LogP contribution in [0.25, 0.3) is 0 Å². The molecule has 4 fully saturated rings. The summed E-state index contributed by atoms with van der Waals surface area (Å²) in [5.41, 5.74) is 2.50. The smallest absolute Gasteiger partial charge is 0.230 e. The zero-order valence-electron chi connectivity index (χ0n) is 33.6. The third kappa shape index (κ3) is 13.3. The number of carbonyl (C=O) groups excluding carboxylic acids is 1. The van der Waals surface area contributed by atoms with E-state index in [0.29, 0.717) is 17.3 Å². The largest absolute Gasteiger partial charge is 0.400 e. The fourth-order valence-electron chi connectivity index (χ4n) is 9.88. The molecule has 5 heteroatoms. The van der Waals surface area contributed by atoms with E-state index >= 15 is 0 Å². The summed E-state index contributed by atoms with van der Waals surface area (Å²) < 4.78 is 3.09. The molecule has 1 amide bonds. The van der Waals surface area contributed by atoms with Crippen LogP contribution in [0.4, 0.5) is 0 Å². The number of rotatable bonds is 10. The van der Waals surface area contributed by atoms with Crippen LogP contribution in [0, 0.1) is 40.4 Å². The van der Waals surface area contributed by atoms with Crippen molar-refractivity contribution >= 4 is 17.9 Å². The number of carbonyl (C=O) groups is 1. The van der Waals surface area contributed by atoms with Crippen LogP contribution < -0.4 is 4.72 Å². The Labute approximate surface area is 303 Å². The Morgan fingerprint density at radius 1 is 0.792 bits per heavy atom. The molecule has 0 aliphatic heterocycles. The summed E-state index contributed by atoms with van der Waals surface area (Å²) in [4.78, 5) is 13.7. The van der Waals surface area contributed by atoms with E-state index in [1.54, 1.807) is 0 Å². The van der Waals surface area contributed by atoms with Crippen molar-refractivity contribution in [1.29, 1.82) is 0 Å². The summed E-state index contributed by atoms with van der Waals surface area (Å²) in [5, 5.41) is 14.0. The summed E-state index contributed by atoms with van der Waals surface area (Å²) in [6.45, 7) is 20.0. The average Bonchev–Trinajstić information content (AvgIpc) is 3.49. The highest BCUT2D eigenvalue weighted by atomic mass is 32.2. The Bertz CT molecular complexity index is 936. The summed E-state index contributed by atoms with van der Waals surface area (Å²) in [5.74, 6) is 4.98. The second-order valence-electron chi connectivity index (χ2n) is 14.4. The lowest BCUT2D eigenvalue weighted by atomic mass is 9.45. The summed E-state index contributed by atoms with van der Waals surface area (Å²) in [6.07, 6.45) is 24.3. The Morgan fingerprint density at radius 2 is 1.44 bits per heavy atom. The van der Waals surface area contributed by atoms with Crippen molar-refractivity contribution in [3.63, 3.8) is 0 Å². The molecule has 7 unspecified atom stereocenters. The van der Waals surface area contributed by atoms with Crippen LogP contribution in [0.15, 0.2) is 29.2 Å². The molecule has 0 spiro atoms. The molecule has 7 atom stereocenters. The normalized spacial score (nSPS) is 29.3. The lowest BCUT2D eigenvalue weighted by molar-refractivity contribution is -0.119. The van der Waals surface area contributed by atoms with Gasteiger partial charge < -0.3 is 10.2 Å². The molecule has 1 aromatic carbocycles. The Balaban J connectivity index is 0.00000137. The van der Waals surface area contributed by atoms with Crippen molar-refractivity contribution < 1.29 is 15.0 Å². The number of fused-ring (bicyclic) bond motifs is 5. The molecule has 0 aromatic heterocycles. The van der Waals surface area contributed by atoms with Crippen LogP contribution in [0.1, 0.15) is 177 Å². The number of aliphatic hydroxyl groups is 2. The molecular formula is C43H81NO3S. The molecule has 4 aliphatic carbocycles. The van der Waals surface area contributed by atoms with Gasteiger partial charge in [-0.15, -0.1) is 0 Å². The fourth-order valence-corrected chi connectivity index (χ4v) is 10.6. The molecule has 0 radical (unpaired) electrons. The minimum atomic E-state index is 0.193. The van der Waals surface area contributed by atoms with E-state index in [1.165, 1.54) is 114 Å². The number of aryl methyl sites for hydroxylation is 1. The van der Waals surface area contributed by atoms with Crippen LogP contribution in [-0.4, -0.2) is 30.3 Å². The minimum Gasteiger partial charge on any atom is -0.400 e. The average molecular weight is 692 g/mol. The SMILES string of the molecule is CC.CC.CCCCCC.CCc1cccc(SNC(=O)CCCC2CCC3C4CCC5CCCCC5(C)C4CCC23C)c1.CO.CO. The number of benzene rings is 1. The highest BCUT2D eigenvalue weighted by Crippen LogP contribution is 2.67. The molecule has 0 saturated heterocycles. The van der Waals surface area contributed by atoms with Gasteiger partial charge in [0.15, 0.2) is 0 Å². The van der Waals surface area contributed by atoms with Crippen molar-refractivity contribution in [3.05, 3.63) is 29.8 Å². The van der Waals surface area contributed by atoms with Crippen molar-refractivity contribution in [1.82, 2.24) is 4.72 Å². The van der Waals surface area contributed by atoms with Gasteiger partial charge in [0.1, 0.15) is 0 Å². The number of hydrogen-bond donors (Lipinski definition) is 3. The molecule has 3 N–H and O–H groups in total. The Morgan fingerprint density at radius 3 is 2.06 bits per heavy atom. The van der Waals surface area contributed by atoms with Crippen molar-refractivity contribution in [2.75, 3.05) is 14.2 Å². The highest BCUT2D eigenvalue weighted by molar-refractivity contribution is 7.98. The molecule has 282 valence electrons. The lowest BCUT2D eigenvalue weighted by Crippen LogP contribution is -2.52. The van der Waals surface area contributed by atoms with Gasteiger partial charge in [-0.25, -0.2) is 0 Å². The molecule has 4 saturated carbocycles. The van der Waals surface area contributed by atoms with Crippen LogP contribution >= 0.6 is 11.9 Å². The van der Waals surface area contributed by atoms with Gasteiger partial charge in [0, 0.05) is 25.5 Å². The summed E-state index contributed by atoms with van der Waals surface area (Å²) in [7, 11) is 2.00. The van der Waals surface area contributed by atoms with Gasteiger partial charge in [0.2, 0.25) is 5.91 Å². The molecule has 4 aliphatic rings. The van der Waals surface area contributed by atoms with Gasteiger partial charge in [0.25, 0.3) is 0 Å². The second-order valence-corrected chi connectivity index (χ2v) is 15.3. The van der Waals surface area contributed by atoms with E-state index in [1.807, 2.05) is 27.7 Å². The van der Waals surface area contributed by atoms with Gasteiger partial charge in [-0.05, 0) is 141 Å². The van der Waals surface area contributed by atoms with Crippen LogP contribution in [0.5, 0.6) is 0 Å². The second kappa shape index (κ2) is 26.7. The molecular weight excluding hydrogens is 611 g/mol. The first-order valence-corrected chi connectivity index (χ1v) is 21.1. The summed E-state index contributed by atoms with van der Waals surface area (Å²) in [6, 6.07) is 8.50. The zero-order chi connectivity index (χ0) is 36.6. The first-order valence-electron chi connectivity index (χ1n) is 20.3. The standard InChI is InChI=1S/C31H47NOS.C6H14.2C2H6.2CH4O/c1-4-22-9-7-12-25(21-22)34-32-29(33)13-8-11-24-15-17-27-26-16-14-23-10-5-6-19-30(23,2)28(26)18-20-31(24,27)3;1-3-5-6-4-2;4*1-2/h7,9,12,21,23-24,26-28H,4-6,8,10-11,13-20H2,1-3H3,(H,32,33);3-6H2,1-2H3;2*1-2H3;2*2H,1H3. The van der Waals surface area contributed by atoms with E-state index in [-0.39, 0.29) is 5.91 Å². The number of hydrogen-bond acceptors (Lipinski definition) is 4. The number of aliphatic hydroxyl groups excluding tert-OH is 2. The molecule has 0 bridgehead atoms. The van der Waals surface area contributed by atoms with E-state index in [4.69, 9.17) is 10.2 Å². The minimum absolute atomic E-state index is 0.193. The van der Waals surface area contributed by atoms with Gasteiger partial charge in [0.05, 0.1) is 0 Å². The maximum Gasteiger partial charge on any atom is 0.230 e. The predicted molar refractivity (Wildman–Crippen MR) is 212 cm³/mol. The van der Waals surface area contributed by atoms with Gasteiger partial charge >= 0.3 is 0 Å². The molecule has 48 heavy (non-hydrogen) atoms. The molecule has 1 aromatic rings. The monoisotopic (exact) mass is 692 g/mol. The quantitative estimate of drug-likeness (QED) is 0.169. The fraction of sp³-hybridized carbons (Fsp3) is 0.837. The first kappa shape index (κ1) is 47.0. The zero-order valence-corrected chi connectivity index (χ0v) is 34.5. The topological polar surface area (TPSA) is 69.6 Å². The van der Waals surface area contributed by atoms with Crippen molar-refractivity contribution in [2.45, 2.75) is 183 Å². The van der Waals surface area contributed by atoms with E-state index in [2.05, 4.69) is 63.6 Å². The first-order chi connectivity index (χ1) is 23.4. The third-order valence-electron chi connectivity index (χ3n) is 12.3. The molecule has 4 nitrogen and oxygen atoms in total. The van der Waals surface area contributed by atoms with Gasteiger partial charge in [-0.1, -0.05) is 113 Å². The number of amides is 1. The van der Waals surface area contributed by atoms with Gasteiger partial charge in [-0.2, -0.15) is 0 Å². The van der Waals surface area contributed by atoms with Gasteiger partial charge in [-0.3, -0.25) is 9.52 Å². The summed E-state index contributed by atoms with van der Waals surface area (Å²) >= 11 is 1.48. The number of nitrogens with one attached hydrogen (secondary N) is 1. The third-order valence-corrected chi connectivity index (χ3v) is 13.1. The predicted octanol–water partition coefficient (Wildman–Crippen LogP) is 12.4. The Hall–Kier alpha value is -1.04. The van der Waals surface area contributed by atoms with Crippen LogP contribution in [0.3, 0.4) is 0 Å². The maximum absolute atomic E-state index is 12.5. The lowest BCUT2D eigenvalue weighted by Gasteiger charge is -2.60. The van der Waals surface area contributed by atoms with E-state index < -0.39 is 0 Å². The molecule has 5 rings (SSSR count). The Kier molecular flexibility index (Phi) is 26.1. The highest BCUT2D eigenvalue weighted by Gasteiger charge is 2.59. The molecule has 0 heterocycles. The van der Waals surface area contributed by atoms with E-state index in [9.17, 15) is 4.79 Å². The van der Waals surface area contributed by atoms with Crippen molar-refractivity contribution in [3.8, 4) is 0 Å². The van der Waals surface area contributed by atoms with Crippen molar-refractivity contribution in [2.24, 2.45) is 40.4 Å². The number of unbranched alkanes of at least 4 members (excludes halogenated alkanes) is 3. The maximum atomic E-state index is 12.5. The van der Waals surface area contributed by atoms with Crippen LogP contribution in [-0.2, 0) is 11.2 Å². The van der Waals surface area contributed by atoms with E-state index in [0.717, 1.165) is 61.5 Å². The van der Waals surface area contributed by atoms with Crippen LogP contribution in [0.2, 0.25) is 0 Å².